The summed E-state index contributed by atoms with van der Waals surface area (Å²) in [5.74, 6) is 0.969. The molecule has 28 heavy (non-hydrogen) atoms. The maximum absolute atomic E-state index is 13.3. The number of benzene rings is 2. The van der Waals surface area contributed by atoms with Gasteiger partial charge in [0.1, 0.15) is 0 Å². The Morgan fingerprint density at radius 2 is 1.86 bits per heavy atom. The van der Waals surface area contributed by atoms with Gasteiger partial charge in [0.2, 0.25) is 0 Å². The molecule has 1 aromatic heterocycles. The van der Waals surface area contributed by atoms with Crippen LogP contribution in [0.15, 0.2) is 41.3 Å². The van der Waals surface area contributed by atoms with Crippen molar-refractivity contribution in [3.05, 3.63) is 52.5 Å². The van der Waals surface area contributed by atoms with Gasteiger partial charge in [0.15, 0.2) is 5.13 Å². The van der Waals surface area contributed by atoms with Crippen molar-refractivity contribution in [2.75, 3.05) is 37.8 Å². The van der Waals surface area contributed by atoms with E-state index in [1.54, 1.807) is 16.7 Å². The molecule has 3 aromatic rings. The number of hydrogen-bond donors (Lipinski definition) is 0. The Hall–Kier alpha value is -1.60. The molecule has 0 spiro atoms. The number of halogens is 1. The van der Waals surface area contributed by atoms with E-state index in [4.69, 9.17) is 16.6 Å². The van der Waals surface area contributed by atoms with Gasteiger partial charge in [-0.2, -0.15) is 0 Å². The predicted molar refractivity (Wildman–Crippen MR) is 122 cm³/mol. The molecule has 1 amide bonds. The molecular weight excluding hydrogens is 410 g/mol. The lowest BCUT2D eigenvalue weighted by Crippen LogP contribution is -2.36. The van der Waals surface area contributed by atoms with Crippen LogP contribution in [0.1, 0.15) is 22.8 Å². The van der Waals surface area contributed by atoms with Crippen molar-refractivity contribution < 1.29 is 4.79 Å². The quantitative estimate of drug-likeness (QED) is 0.456. The molecule has 0 unspecified atom stereocenters. The van der Waals surface area contributed by atoms with Gasteiger partial charge in [-0.05, 0) is 62.7 Å². The van der Waals surface area contributed by atoms with Crippen LogP contribution in [0, 0.1) is 6.92 Å². The third-order valence-electron chi connectivity index (χ3n) is 4.35. The highest BCUT2D eigenvalue weighted by Gasteiger charge is 2.22. The van der Waals surface area contributed by atoms with Gasteiger partial charge in [-0.25, -0.2) is 4.98 Å². The summed E-state index contributed by atoms with van der Waals surface area (Å²) in [4.78, 5) is 23.1. The van der Waals surface area contributed by atoms with Crippen LogP contribution in [0.5, 0.6) is 0 Å². The molecule has 0 aliphatic carbocycles. The lowest BCUT2D eigenvalue weighted by molar-refractivity contribution is 0.0985. The largest absolute Gasteiger partial charge is 0.308 e. The summed E-state index contributed by atoms with van der Waals surface area (Å²) >= 11 is 9.61. The zero-order chi connectivity index (χ0) is 20.3. The van der Waals surface area contributed by atoms with Crippen LogP contribution in [0.2, 0.25) is 5.02 Å². The SMILES string of the molecule is CCSc1ccc(C(=O)N(CCN(C)C)c2nc3c(C)ccc(Cl)c3s2)cc1. The number of fused-ring (bicyclic) bond motifs is 1. The van der Waals surface area contributed by atoms with Crippen molar-refractivity contribution in [2.24, 2.45) is 0 Å². The summed E-state index contributed by atoms with van der Waals surface area (Å²) in [6.07, 6.45) is 0. The fraction of sp³-hybridized carbons (Fsp3) is 0.333. The second-order valence-corrected chi connectivity index (χ2v) is 9.48. The van der Waals surface area contributed by atoms with E-state index in [2.05, 4.69) is 11.8 Å². The zero-order valence-electron chi connectivity index (χ0n) is 16.5. The van der Waals surface area contributed by atoms with Crippen LogP contribution in [-0.4, -0.2) is 48.7 Å². The van der Waals surface area contributed by atoms with Crippen molar-refractivity contribution in [1.82, 2.24) is 9.88 Å². The molecule has 4 nitrogen and oxygen atoms in total. The molecule has 0 bridgehead atoms. The molecule has 1 heterocycles. The van der Waals surface area contributed by atoms with Crippen LogP contribution in [0.3, 0.4) is 0 Å². The number of aromatic nitrogens is 1. The summed E-state index contributed by atoms with van der Waals surface area (Å²) < 4.78 is 0.925. The zero-order valence-corrected chi connectivity index (χ0v) is 18.9. The van der Waals surface area contributed by atoms with Gasteiger partial charge in [0.25, 0.3) is 5.91 Å². The maximum atomic E-state index is 13.3. The average Bonchev–Trinajstić information content (AvgIpc) is 3.12. The Labute approximate surface area is 179 Å². The van der Waals surface area contributed by atoms with Crippen molar-refractivity contribution >= 4 is 56.0 Å². The lowest BCUT2D eigenvalue weighted by atomic mass is 10.2. The van der Waals surface area contributed by atoms with Gasteiger partial charge in [0.05, 0.1) is 15.2 Å². The number of rotatable bonds is 7. The Morgan fingerprint density at radius 3 is 2.46 bits per heavy atom. The van der Waals surface area contributed by atoms with Gasteiger partial charge in [-0.3, -0.25) is 9.69 Å². The molecule has 0 saturated heterocycles. The molecule has 0 aliphatic heterocycles. The fourth-order valence-electron chi connectivity index (χ4n) is 2.81. The summed E-state index contributed by atoms with van der Waals surface area (Å²) in [5, 5.41) is 1.36. The normalized spacial score (nSPS) is 11.4. The van der Waals surface area contributed by atoms with Gasteiger partial charge in [-0.15, -0.1) is 11.8 Å². The third-order valence-corrected chi connectivity index (χ3v) is 6.78. The van der Waals surface area contributed by atoms with Gasteiger partial charge in [0, 0.05) is 23.5 Å². The topological polar surface area (TPSA) is 36.4 Å². The molecule has 0 fully saturated rings. The van der Waals surface area contributed by atoms with Crippen LogP contribution < -0.4 is 4.90 Å². The smallest absolute Gasteiger partial charge is 0.260 e. The number of aryl methyl sites for hydroxylation is 1. The second kappa shape index (κ2) is 9.27. The standard InChI is InChI=1S/C21H24ClN3OS2/c1-5-27-16-9-7-15(8-10-16)20(26)25(13-12-24(3)4)21-23-18-14(2)6-11-17(22)19(18)28-21/h6-11H,5,12-13H2,1-4H3. The minimum atomic E-state index is -0.0391. The van der Waals surface area contributed by atoms with Crippen LogP contribution in [-0.2, 0) is 0 Å². The third kappa shape index (κ3) is 4.69. The number of hydrogen-bond acceptors (Lipinski definition) is 5. The van der Waals surface area contributed by atoms with Crippen molar-refractivity contribution in [2.45, 2.75) is 18.7 Å². The Kier molecular flexibility index (Phi) is 6.99. The van der Waals surface area contributed by atoms with Crippen LogP contribution in [0.4, 0.5) is 5.13 Å². The first-order valence-corrected chi connectivity index (χ1v) is 11.3. The number of likely N-dealkylation sites (N-methyl/N-ethyl adjacent to an activating group) is 1. The molecule has 0 radical (unpaired) electrons. The lowest BCUT2D eigenvalue weighted by Gasteiger charge is -2.22. The van der Waals surface area contributed by atoms with Crippen LogP contribution in [0.25, 0.3) is 10.2 Å². The number of thiazole rings is 1. The number of thioether (sulfide) groups is 1. The highest BCUT2D eigenvalue weighted by Crippen LogP contribution is 2.36. The summed E-state index contributed by atoms with van der Waals surface area (Å²) in [7, 11) is 4.00. The number of amides is 1. The second-order valence-electron chi connectivity index (χ2n) is 6.76. The Balaban J connectivity index is 1.97. The first-order chi connectivity index (χ1) is 13.4. The van der Waals surface area contributed by atoms with E-state index in [-0.39, 0.29) is 5.91 Å². The maximum Gasteiger partial charge on any atom is 0.260 e. The van der Waals surface area contributed by atoms with Crippen molar-refractivity contribution in [1.29, 1.82) is 0 Å². The highest BCUT2D eigenvalue weighted by molar-refractivity contribution is 7.99. The fourth-order valence-corrected chi connectivity index (χ4v) is 4.81. The Bertz CT molecular complexity index is 931. The van der Waals surface area contributed by atoms with E-state index in [1.165, 1.54) is 16.2 Å². The van der Waals surface area contributed by atoms with E-state index < -0.39 is 0 Å². The van der Waals surface area contributed by atoms with Gasteiger partial charge < -0.3 is 4.90 Å². The van der Waals surface area contributed by atoms with Gasteiger partial charge >= 0.3 is 0 Å². The van der Waals surface area contributed by atoms with Crippen molar-refractivity contribution in [3.63, 3.8) is 0 Å². The molecule has 148 valence electrons. The number of anilines is 1. The molecule has 3 rings (SSSR count). The summed E-state index contributed by atoms with van der Waals surface area (Å²) in [6, 6.07) is 11.7. The number of carbonyl (C=O) groups excluding carboxylic acids is 1. The van der Waals surface area contributed by atoms with Crippen molar-refractivity contribution in [3.8, 4) is 0 Å². The van der Waals surface area contributed by atoms with E-state index in [9.17, 15) is 4.79 Å². The number of carbonyl (C=O) groups is 1. The average molecular weight is 434 g/mol. The van der Waals surface area contributed by atoms with Crippen LogP contribution >= 0.6 is 34.7 Å². The first-order valence-electron chi connectivity index (χ1n) is 9.15. The molecule has 0 saturated carbocycles. The van der Waals surface area contributed by atoms with E-state index in [0.29, 0.717) is 22.3 Å². The summed E-state index contributed by atoms with van der Waals surface area (Å²) in [5.41, 5.74) is 2.59. The highest BCUT2D eigenvalue weighted by atomic mass is 35.5. The molecule has 2 aromatic carbocycles. The monoisotopic (exact) mass is 433 g/mol. The Morgan fingerprint density at radius 1 is 1.14 bits per heavy atom. The predicted octanol–water partition coefficient (Wildman–Crippen LogP) is 5.58. The van der Waals surface area contributed by atoms with Gasteiger partial charge in [-0.1, -0.05) is 35.9 Å². The van der Waals surface area contributed by atoms with E-state index >= 15 is 0 Å². The molecule has 0 aliphatic rings. The van der Waals surface area contributed by atoms with E-state index in [1.807, 2.05) is 57.4 Å². The molecular formula is C21H24ClN3OS2. The first kappa shape index (κ1) is 21.1. The van der Waals surface area contributed by atoms with E-state index in [0.717, 1.165) is 28.1 Å². The summed E-state index contributed by atoms with van der Waals surface area (Å²) in [6.45, 7) is 5.44. The minimum Gasteiger partial charge on any atom is -0.308 e. The molecule has 0 N–H and O–H groups in total. The number of nitrogens with zero attached hydrogens (tertiary/aromatic N) is 3. The molecule has 7 heteroatoms. The molecule has 0 atom stereocenters. The minimum absolute atomic E-state index is 0.0391.